The first kappa shape index (κ1) is 17.5. The number of rotatable bonds is 11. The highest BCUT2D eigenvalue weighted by molar-refractivity contribution is 7.98. The van der Waals surface area contributed by atoms with E-state index in [-0.39, 0.29) is 5.75 Å². The number of halogens is 2. The van der Waals surface area contributed by atoms with Crippen LogP contribution in [0.25, 0.3) is 0 Å². The lowest BCUT2D eigenvalue weighted by molar-refractivity contribution is 0.125. The first-order chi connectivity index (χ1) is 9.58. The Balaban J connectivity index is 2.04. The average Bonchev–Trinajstić information content (AvgIpc) is 2.83. The van der Waals surface area contributed by atoms with Crippen molar-refractivity contribution in [2.45, 2.75) is 38.3 Å². The summed E-state index contributed by atoms with van der Waals surface area (Å²) in [5.41, 5.74) is 0. The molecule has 0 aromatic carbocycles. The molecular formula is C14H23F2NO2S. The quantitative estimate of drug-likeness (QED) is 0.629. The van der Waals surface area contributed by atoms with Gasteiger partial charge in [-0.15, -0.1) is 0 Å². The molecule has 1 rings (SSSR count). The molecule has 0 fully saturated rings. The fourth-order valence-corrected chi connectivity index (χ4v) is 1.96. The fourth-order valence-electron chi connectivity index (χ4n) is 1.52. The zero-order chi connectivity index (χ0) is 14.8. The molecule has 1 heterocycles. The van der Waals surface area contributed by atoms with Crippen molar-refractivity contribution in [2.75, 3.05) is 19.8 Å². The summed E-state index contributed by atoms with van der Waals surface area (Å²) >= 11 is 0.570. The number of ether oxygens (including phenoxy) is 1. The van der Waals surface area contributed by atoms with Crippen molar-refractivity contribution in [3.05, 3.63) is 23.7 Å². The SMILES string of the molecule is CC(C)CCOCCNCc1ccc(CSC(F)F)o1. The Labute approximate surface area is 123 Å². The molecule has 0 saturated heterocycles. The Morgan fingerprint density at radius 2 is 2.00 bits per heavy atom. The molecule has 3 nitrogen and oxygen atoms in total. The summed E-state index contributed by atoms with van der Waals surface area (Å²) in [6, 6.07) is 3.56. The van der Waals surface area contributed by atoms with Crippen LogP contribution in [0.1, 0.15) is 31.8 Å². The van der Waals surface area contributed by atoms with Gasteiger partial charge in [0.15, 0.2) is 0 Å². The van der Waals surface area contributed by atoms with E-state index in [4.69, 9.17) is 9.15 Å². The molecule has 1 aromatic heterocycles. The van der Waals surface area contributed by atoms with Crippen molar-refractivity contribution < 1.29 is 17.9 Å². The van der Waals surface area contributed by atoms with Crippen LogP contribution in [0.3, 0.4) is 0 Å². The molecule has 0 amide bonds. The third-order valence-electron chi connectivity index (χ3n) is 2.63. The molecule has 0 aliphatic heterocycles. The van der Waals surface area contributed by atoms with Crippen LogP contribution in [-0.4, -0.2) is 25.5 Å². The number of furan rings is 1. The average molecular weight is 307 g/mol. The predicted molar refractivity (Wildman–Crippen MR) is 78.0 cm³/mol. The minimum atomic E-state index is -2.36. The monoisotopic (exact) mass is 307 g/mol. The molecule has 1 N–H and O–H groups in total. The van der Waals surface area contributed by atoms with Gasteiger partial charge in [-0.2, -0.15) is 8.78 Å². The lowest BCUT2D eigenvalue weighted by atomic mass is 10.1. The van der Waals surface area contributed by atoms with Crippen LogP contribution in [0, 0.1) is 5.92 Å². The third kappa shape index (κ3) is 8.55. The van der Waals surface area contributed by atoms with Crippen molar-refractivity contribution in [2.24, 2.45) is 5.92 Å². The Morgan fingerprint density at radius 1 is 1.25 bits per heavy atom. The first-order valence-corrected chi connectivity index (χ1v) is 7.88. The highest BCUT2D eigenvalue weighted by Crippen LogP contribution is 2.21. The van der Waals surface area contributed by atoms with E-state index in [9.17, 15) is 8.78 Å². The van der Waals surface area contributed by atoms with E-state index >= 15 is 0 Å². The predicted octanol–water partition coefficient (Wildman–Crippen LogP) is 3.89. The lowest BCUT2D eigenvalue weighted by Crippen LogP contribution is -2.19. The van der Waals surface area contributed by atoms with Crippen LogP contribution in [-0.2, 0) is 17.0 Å². The summed E-state index contributed by atoms with van der Waals surface area (Å²) < 4.78 is 35.0. The fraction of sp³-hybridized carbons (Fsp3) is 0.714. The molecule has 0 saturated carbocycles. The summed E-state index contributed by atoms with van der Waals surface area (Å²) in [5.74, 6) is -0.145. The van der Waals surface area contributed by atoms with E-state index in [1.54, 1.807) is 6.07 Å². The number of thioether (sulfide) groups is 1. The summed E-state index contributed by atoms with van der Waals surface area (Å²) in [7, 11) is 0. The minimum absolute atomic E-state index is 0.204. The van der Waals surface area contributed by atoms with Gasteiger partial charge in [0.1, 0.15) is 11.5 Å². The lowest BCUT2D eigenvalue weighted by Gasteiger charge is -2.06. The molecule has 116 valence electrons. The molecule has 0 atom stereocenters. The van der Waals surface area contributed by atoms with Crippen molar-refractivity contribution in [3.8, 4) is 0 Å². The normalized spacial score (nSPS) is 11.7. The Kier molecular flexibility index (Phi) is 8.89. The first-order valence-electron chi connectivity index (χ1n) is 6.83. The number of alkyl halides is 2. The molecule has 0 aliphatic rings. The maximum atomic E-state index is 12.0. The molecule has 0 unspecified atom stereocenters. The van der Waals surface area contributed by atoms with Gasteiger partial charge in [-0.25, -0.2) is 0 Å². The van der Waals surface area contributed by atoms with E-state index in [1.165, 1.54) is 0 Å². The second-order valence-electron chi connectivity index (χ2n) is 4.91. The molecule has 0 spiro atoms. The van der Waals surface area contributed by atoms with Crippen molar-refractivity contribution >= 4 is 11.8 Å². The Morgan fingerprint density at radius 3 is 2.70 bits per heavy atom. The van der Waals surface area contributed by atoms with Gasteiger partial charge in [0.25, 0.3) is 5.76 Å². The summed E-state index contributed by atoms with van der Waals surface area (Å²) in [4.78, 5) is 0. The maximum Gasteiger partial charge on any atom is 0.284 e. The molecule has 20 heavy (non-hydrogen) atoms. The highest BCUT2D eigenvalue weighted by atomic mass is 32.2. The van der Waals surface area contributed by atoms with Crippen molar-refractivity contribution in [3.63, 3.8) is 0 Å². The number of hydrogen-bond acceptors (Lipinski definition) is 4. The summed E-state index contributed by atoms with van der Waals surface area (Å²) in [6.45, 7) is 7.13. The van der Waals surface area contributed by atoms with E-state index < -0.39 is 5.76 Å². The summed E-state index contributed by atoms with van der Waals surface area (Å²) in [5, 5.41) is 3.19. The number of hydrogen-bond donors (Lipinski definition) is 1. The van der Waals surface area contributed by atoms with Gasteiger partial charge in [-0.3, -0.25) is 0 Å². The van der Waals surface area contributed by atoms with Gasteiger partial charge in [-0.1, -0.05) is 25.6 Å². The van der Waals surface area contributed by atoms with Crippen LogP contribution in [0.2, 0.25) is 0 Å². The molecule has 6 heteroatoms. The summed E-state index contributed by atoms with van der Waals surface area (Å²) in [6.07, 6.45) is 1.07. The van der Waals surface area contributed by atoms with Crippen LogP contribution in [0.5, 0.6) is 0 Å². The molecular weight excluding hydrogens is 284 g/mol. The minimum Gasteiger partial charge on any atom is -0.464 e. The van der Waals surface area contributed by atoms with Gasteiger partial charge in [0.2, 0.25) is 0 Å². The van der Waals surface area contributed by atoms with Gasteiger partial charge >= 0.3 is 0 Å². The zero-order valence-electron chi connectivity index (χ0n) is 12.0. The standard InChI is InChI=1S/C14H23F2NO2S/c1-11(2)5-7-18-8-6-17-9-12-3-4-13(19-12)10-20-14(15)16/h3-4,11,14,17H,5-10H2,1-2H3. The third-order valence-corrected chi connectivity index (χ3v) is 3.33. The maximum absolute atomic E-state index is 12.0. The highest BCUT2D eigenvalue weighted by Gasteiger charge is 2.07. The van der Waals surface area contributed by atoms with Crippen LogP contribution >= 0.6 is 11.8 Å². The van der Waals surface area contributed by atoms with Crippen molar-refractivity contribution in [1.29, 1.82) is 0 Å². The van der Waals surface area contributed by atoms with E-state index in [0.717, 1.165) is 25.3 Å². The Hall–Kier alpha value is -0.590. The molecule has 0 aliphatic carbocycles. The zero-order valence-corrected chi connectivity index (χ0v) is 12.8. The molecule has 0 bridgehead atoms. The van der Waals surface area contributed by atoms with Crippen LogP contribution in [0.15, 0.2) is 16.5 Å². The van der Waals surface area contributed by atoms with Crippen LogP contribution < -0.4 is 5.32 Å². The van der Waals surface area contributed by atoms with Gasteiger partial charge in [-0.05, 0) is 24.5 Å². The second-order valence-corrected chi connectivity index (χ2v) is 5.89. The smallest absolute Gasteiger partial charge is 0.284 e. The van der Waals surface area contributed by atoms with Gasteiger partial charge in [0, 0.05) is 13.2 Å². The molecule has 0 radical (unpaired) electrons. The number of nitrogens with one attached hydrogen (secondary N) is 1. The molecule has 1 aromatic rings. The van der Waals surface area contributed by atoms with E-state index in [2.05, 4.69) is 19.2 Å². The largest absolute Gasteiger partial charge is 0.464 e. The topological polar surface area (TPSA) is 34.4 Å². The van der Waals surface area contributed by atoms with Crippen molar-refractivity contribution in [1.82, 2.24) is 5.32 Å². The van der Waals surface area contributed by atoms with Crippen LogP contribution in [0.4, 0.5) is 8.78 Å². The Bertz CT molecular complexity index is 359. The van der Waals surface area contributed by atoms with E-state index in [0.29, 0.717) is 36.6 Å². The van der Waals surface area contributed by atoms with Gasteiger partial charge < -0.3 is 14.5 Å². The van der Waals surface area contributed by atoms with E-state index in [1.807, 2.05) is 6.07 Å². The second kappa shape index (κ2) is 10.2. The van der Waals surface area contributed by atoms with Gasteiger partial charge in [0.05, 0.1) is 18.9 Å².